The molecule has 0 aromatic heterocycles. The van der Waals surface area contributed by atoms with E-state index in [1.54, 1.807) is 26.0 Å². The number of hydrogen-bond donors (Lipinski definition) is 1. The van der Waals surface area contributed by atoms with Crippen LogP contribution in [0.15, 0.2) is 29.2 Å². The van der Waals surface area contributed by atoms with Gasteiger partial charge in [-0.3, -0.25) is 14.9 Å². The smallest absolute Gasteiger partial charge is 0.319 e. The third kappa shape index (κ3) is 2.96. The van der Waals surface area contributed by atoms with Crippen LogP contribution in [0.25, 0.3) is 0 Å². The summed E-state index contributed by atoms with van der Waals surface area (Å²) in [7, 11) is 0. The summed E-state index contributed by atoms with van der Waals surface area (Å²) in [6, 6.07) is 5.82. The van der Waals surface area contributed by atoms with Gasteiger partial charge in [0.25, 0.3) is 5.69 Å². The van der Waals surface area contributed by atoms with E-state index in [1.807, 2.05) is 0 Å². The number of nitro benzene ring substituents is 1. The van der Waals surface area contributed by atoms with Crippen molar-refractivity contribution in [2.75, 3.05) is 0 Å². The molecule has 6 heteroatoms. The Morgan fingerprint density at radius 3 is 2.25 bits per heavy atom. The van der Waals surface area contributed by atoms with Crippen molar-refractivity contribution >= 4 is 23.4 Å². The summed E-state index contributed by atoms with van der Waals surface area (Å²) in [6.45, 7) is 3.17. The second kappa shape index (κ2) is 4.52. The van der Waals surface area contributed by atoms with Crippen LogP contribution < -0.4 is 0 Å². The van der Waals surface area contributed by atoms with E-state index in [2.05, 4.69) is 0 Å². The molecule has 86 valence electrons. The Morgan fingerprint density at radius 2 is 1.88 bits per heavy atom. The van der Waals surface area contributed by atoms with Crippen molar-refractivity contribution in [3.8, 4) is 0 Å². The highest BCUT2D eigenvalue weighted by molar-refractivity contribution is 8.01. The fraction of sp³-hybridized carbons (Fsp3) is 0.300. The first-order valence-corrected chi connectivity index (χ1v) is 5.31. The number of hydrogen-bond acceptors (Lipinski definition) is 4. The summed E-state index contributed by atoms with van der Waals surface area (Å²) in [6.07, 6.45) is 0. The average molecular weight is 241 g/mol. The number of non-ortho nitro benzene ring substituents is 1. The Balaban J connectivity index is 2.84. The fourth-order valence-corrected chi connectivity index (χ4v) is 1.92. The topological polar surface area (TPSA) is 80.4 Å². The van der Waals surface area contributed by atoms with Gasteiger partial charge in [-0.05, 0) is 26.0 Å². The van der Waals surface area contributed by atoms with Crippen molar-refractivity contribution in [3.63, 3.8) is 0 Å². The number of nitrogens with zero attached hydrogens (tertiary/aromatic N) is 1. The molecule has 1 aromatic rings. The van der Waals surface area contributed by atoms with E-state index in [0.29, 0.717) is 4.90 Å². The van der Waals surface area contributed by atoms with Crippen molar-refractivity contribution in [2.24, 2.45) is 0 Å². The summed E-state index contributed by atoms with van der Waals surface area (Å²) in [5, 5.41) is 19.3. The lowest BCUT2D eigenvalue weighted by Gasteiger charge is -2.17. The molecule has 0 amide bonds. The third-order valence-electron chi connectivity index (χ3n) is 1.94. The molecule has 0 aliphatic heterocycles. The molecule has 1 rings (SSSR count). The number of nitro groups is 1. The Labute approximate surface area is 96.6 Å². The lowest BCUT2D eigenvalue weighted by Crippen LogP contribution is -2.26. The molecule has 0 atom stereocenters. The van der Waals surface area contributed by atoms with Gasteiger partial charge >= 0.3 is 5.97 Å². The average Bonchev–Trinajstić information content (AvgIpc) is 2.17. The van der Waals surface area contributed by atoms with Gasteiger partial charge in [0.1, 0.15) is 4.75 Å². The minimum atomic E-state index is -0.948. The Morgan fingerprint density at radius 1 is 1.38 bits per heavy atom. The zero-order valence-corrected chi connectivity index (χ0v) is 9.65. The lowest BCUT2D eigenvalue weighted by atomic mass is 10.2. The molecule has 0 heterocycles. The first-order chi connectivity index (χ1) is 7.33. The quantitative estimate of drug-likeness (QED) is 0.497. The predicted octanol–water partition coefficient (Wildman–Crippen LogP) is 2.55. The minimum Gasteiger partial charge on any atom is -0.480 e. The van der Waals surface area contributed by atoms with Crippen LogP contribution in [0, 0.1) is 10.1 Å². The lowest BCUT2D eigenvalue weighted by molar-refractivity contribution is -0.384. The van der Waals surface area contributed by atoms with E-state index in [4.69, 9.17) is 5.11 Å². The summed E-state index contributed by atoms with van der Waals surface area (Å²) >= 11 is 1.15. The Bertz CT molecular complexity index is 413. The first kappa shape index (κ1) is 12.5. The van der Waals surface area contributed by atoms with Crippen LogP contribution in [0.4, 0.5) is 5.69 Å². The van der Waals surface area contributed by atoms with Crippen LogP contribution in [0.5, 0.6) is 0 Å². The van der Waals surface area contributed by atoms with Crippen molar-refractivity contribution < 1.29 is 14.8 Å². The molecule has 1 aromatic carbocycles. The largest absolute Gasteiger partial charge is 0.480 e. The van der Waals surface area contributed by atoms with E-state index in [-0.39, 0.29) is 5.69 Å². The van der Waals surface area contributed by atoms with E-state index < -0.39 is 15.6 Å². The van der Waals surface area contributed by atoms with Gasteiger partial charge in [0.15, 0.2) is 0 Å². The zero-order valence-electron chi connectivity index (χ0n) is 8.84. The van der Waals surface area contributed by atoms with Crippen LogP contribution in [0.3, 0.4) is 0 Å². The first-order valence-electron chi connectivity index (χ1n) is 4.50. The molecule has 1 N–H and O–H groups in total. The molecule has 5 nitrogen and oxygen atoms in total. The van der Waals surface area contributed by atoms with Crippen LogP contribution in [0.1, 0.15) is 13.8 Å². The number of carboxylic acid groups (broad SMARTS) is 1. The van der Waals surface area contributed by atoms with Crippen molar-refractivity contribution in [2.45, 2.75) is 23.5 Å². The zero-order chi connectivity index (χ0) is 12.3. The molecule has 16 heavy (non-hydrogen) atoms. The molecule has 0 spiro atoms. The van der Waals surface area contributed by atoms with Gasteiger partial charge in [-0.15, -0.1) is 11.8 Å². The Kier molecular flexibility index (Phi) is 3.54. The molecular formula is C10H11NO4S. The van der Waals surface area contributed by atoms with E-state index >= 15 is 0 Å². The van der Waals surface area contributed by atoms with Crippen LogP contribution in [-0.4, -0.2) is 20.7 Å². The molecule has 0 aliphatic rings. The molecule has 0 unspecified atom stereocenters. The highest BCUT2D eigenvalue weighted by Gasteiger charge is 2.28. The number of benzene rings is 1. The third-order valence-corrected chi connectivity index (χ3v) is 3.13. The molecular weight excluding hydrogens is 230 g/mol. The molecule has 0 radical (unpaired) electrons. The number of thioether (sulfide) groups is 1. The van der Waals surface area contributed by atoms with Gasteiger partial charge in [-0.2, -0.15) is 0 Å². The van der Waals surface area contributed by atoms with Gasteiger partial charge in [-0.1, -0.05) is 0 Å². The van der Waals surface area contributed by atoms with Gasteiger partial charge in [-0.25, -0.2) is 0 Å². The molecule has 0 saturated carbocycles. The summed E-state index contributed by atoms with van der Waals surface area (Å²) in [5.74, 6) is -0.921. The van der Waals surface area contributed by atoms with Gasteiger partial charge in [0, 0.05) is 17.0 Å². The number of carbonyl (C=O) groups is 1. The maximum atomic E-state index is 10.9. The molecule has 0 aliphatic carbocycles. The monoisotopic (exact) mass is 241 g/mol. The van der Waals surface area contributed by atoms with Crippen molar-refractivity contribution in [1.29, 1.82) is 0 Å². The van der Waals surface area contributed by atoms with Gasteiger partial charge < -0.3 is 5.11 Å². The second-order valence-electron chi connectivity index (χ2n) is 3.67. The van der Waals surface area contributed by atoms with Crippen LogP contribution >= 0.6 is 11.8 Å². The summed E-state index contributed by atoms with van der Waals surface area (Å²) < 4.78 is -0.948. The van der Waals surface area contributed by atoms with Gasteiger partial charge in [0.05, 0.1) is 4.92 Å². The van der Waals surface area contributed by atoms with Crippen molar-refractivity contribution in [1.82, 2.24) is 0 Å². The van der Waals surface area contributed by atoms with Crippen molar-refractivity contribution in [3.05, 3.63) is 34.4 Å². The van der Waals surface area contributed by atoms with E-state index in [9.17, 15) is 14.9 Å². The number of aliphatic carboxylic acids is 1. The molecule has 0 bridgehead atoms. The second-order valence-corrected chi connectivity index (χ2v) is 5.36. The fourth-order valence-electron chi connectivity index (χ4n) is 0.974. The standard InChI is InChI=1S/C10H11NO4S/c1-10(2,9(12)13)16-8-5-3-7(4-6-8)11(14)15/h3-6H,1-2H3,(H,12,13). The summed E-state index contributed by atoms with van der Waals surface area (Å²) in [4.78, 5) is 21.5. The highest BCUT2D eigenvalue weighted by atomic mass is 32.2. The van der Waals surface area contributed by atoms with Crippen LogP contribution in [-0.2, 0) is 4.79 Å². The Hall–Kier alpha value is -1.56. The summed E-state index contributed by atoms with van der Waals surface area (Å²) in [5.41, 5.74) is -0.00233. The minimum absolute atomic E-state index is 0.00233. The number of carboxylic acids is 1. The normalized spacial score (nSPS) is 11.1. The SMILES string of the molecule is CC(C)(Sc1ccc([N+](=O)[O-])cc1)C(=O)O. The van der Waals surface area contributed by atoms with E-state index in [1.165, 1.54) is 12.1 Å². The number of rotatable bonds is 4. The maximum Gasteiger partial charge on any atom is 0.319 e. The van der Waals surface area contributed by atoms with E-state index in [0.717, 1.165) is 11.8 Å². The predicted molar refractivity (Wildman–Crippen MR) is 60.7 cm³/mol. The maximum absolute atomic E-state index is 10.9. The molecule has 0 saturated heterocycles. The highest BCUT2D eigenvalue weighted by Crippen LogP contribution is 2.33. The molecule has 0 fully saturated rings. The van der Waals surface area contributed by atoms with Gasteiger partial charge in [0.2, 0.25) is 0 Å². The van der Waals surface area contributed by atoms with Crippen LogP contribution in [0.2, 0.25) is 0 Å².